The standard InChI is InChI=1S/C25H27NO10/c1-13(27)26-9-8-15-10-18-22(35-12-34-18)23(33-5)20(15)25(26,36-14(2)28)11-16-6-7-17(31-3)21(32-4)19(16)24(29)30/h6-7,10H,8-9,11-12H2,1-5H3,(H,29,30)/t25-/m0/s1. The quantitative estimate of drug-likeness (QED) is 0.565. The number of carboxylic acids is 1. The molecular weight excluding hydrogens is 474 g/mol. The number of amides is 1. The number of methoxy groups -OCH3 is 3. The molecule has 192 valence electrons. The Kier molecular flexibility index (Phi) is 6.57. The van der Waals surface area contributed by atoms with Crippen LogP contribution in [0, 0.1) is 0 Å². The number of ether oxygens (including phenoxy) is 6. The van der Waals surface area contributed by atoms with E-state index in [9.17, 15) is 19.5 Å². The van der Waals surface area contributed by atoms with Crippen molar-refractivity contribution in [1.29, 1.82) is 0 Å². The number of nitrogens with zero attached hydrogens (tertiary/aromatic N) is 1. The maximum atomic E-state index is 12.9. The van der Waals surface area contributed by atoms with E-state index in [1.165, 1.54) is 40.1 Å². The van der Waals surface area contributed by atoms with Gasteiger partial charge in [-0.25, -0.2) is 4.79 Å². The molecule has 2 heterocycles. The number of aromatic carboxylic acids is 1. The molecule has 0 aliphatic carbocycles. The lowest BCUT2D eigenvalue weighted by Crippen LogP contribution is -2.56. The van der Waals surface area contributed by atoms with E-state index >= 15 is 0 Å². The highest BCUT2D eigenvalue weighted by atomic mass is 16.7. The van der Waals surface area contributed by atoms with Crippen molar-refractivity contribution in [2.75, 3.05) is 34.7 Å². The molecule has 1 N–H and O–H groups in total. The first-order valence-electron chi connectivity index (χ1n) is 11.1. The Bertz CT molecular complexity index is 1240. The minimum absolute atomic E-state index is 0.00327. The number of carboxylic acid groups (broad SMARTS) is 1. The van der Waals surface area contributed by atoms with Crippen LogP contribution in [0.25, 0.3) is 0 Å². The number of carbonyl (C=O) groups excluding carboxylic acids is 2. The van der Waals surface area contributed by atoms with Crippen LogP contribution in [0.3, 0.4) is 0 Å². The van der Waals surface area contributed by atoms with Crippen LogP contribution in [-0.4, -0.2) is 62.5 Å². The number of esters is 1. The summed E-state index contributed by atoms with van der Waals surface area (Å²) in [5.41, 5.74) is -0.579. The summed E-state index contributed by atoms with van der Waals surface area (Å²) in [6, 6.07) is 4.87. The lowest BCUT2D eigenvalue weighted by atomic mass is 9.82. The molecule has 2 aliphatic rings. The normalized spacial score (nSPS) is 17.8. The molecule has 2 aliphatic heterocycles. The largest absolute Gasteiger partial charge is 0.493 e. The summed E-state index contributed by atoms with van der Waals surface area (Å²) < 4.78 is 33.5. The van der Waals surface area contributed by atoms with Gasteiger partial charge in [0.1, 0.15) is 5.56 Å². The molecule has 0 unspecified atom stereocenters. The third-order valence-electron chi connectivity index (χ3n) is 6.31. The van der Waals surface area contributed by atoms with Crippen LogP contribution in [0.2, 0.25) is 0 Å². The Labute approximate surface area is 207 Å². The van der Waals surface area contributed by atoms with E-state index in [4.69, 9.17) is 28.4 Å². The van der Waals surface area contributed by atoms with Gasteiger partial charge in [-0.3, -0.25) is 9.59 Å². The van der Waals surface area contributed by atoms with Crippen molar-refractivity contribution in [3.63, 3.8) is 0 Å². The molecule has 0 spiro atoms. The minimum Gasteiger partial charge on any atom is -0.493 e. The van der Waals surface area contributed by atoms with Crippen molar-refractivity contribution >= 4 is 17.8 Å². The summed E-state index contributed by atoms with van der Waals surface area (Å²) in [4.78, 5) is 39.3. The van der Waals surface area contributed by atoms with Crippen LogP contribution >= 0.6 is 0 Å². The molecule has 0 fully saturated rings. The summed E-state index contributed by atoms with van der Waals surface area (Å²) in [5, 5.41) is 10.1. The second-order valence-electron chi connectivity index (χ2n) is 8.29. The molecule has 0 saturated carbocycles. The molecule has 1 atom stereocenters. The zero-order chi connectivity index (χ0) is 26.2. The second kappa shape index (κ2) is 9.48. The summed E-state index contributed by atoms with van der Waals surface area (Å²) in [6.07, 6.45) is 0.208. The lowest BCUT2D eigenvalue weighted by Gasteiger charge is -2.47. The van der Waals surface area contributed by atoms with Gasteiger partial charge in [-0.05, 0) is 29.7 Å². The molecule has 2 aromatic rings. The number of carbonyl (C=O) groups is 3. The Morgan fingerprint density at radius 2 is 1.78 bits per heavy atom. The van der Waals surface area contributed by atoms with E-state index in [0.29, 0.717) is 29.0 Å². The van der Waals surface area contributed by atoms with Crippen molar-refractivity contribution in [2.45, 2.75) is 32.4 Å². The fourth-order valence-corrected chi connectivity index (χ4v) is 5.01. The van der Waals surface area contributed by atoms with E-state index < -0.39 is 17.7 Å². The highest BCUT2D eigenvalue weighted by molar-refractivity contribution is 5.94. The van der Waals surface area contributed by atoms with E-state index in [2.05, 4.69) is 0 Å². The molecule has 1 amide bonds. The second-order valence-corrected chi connectivity index (χ2v) is 8.29. The van der Waals surface area contributed by atoms with E-state index in [1.807, 2.05) is 0 Å². The highest BCUT2D eigenvalue weighted by Crippen LogP contribution is 2.53. The fourth-order valence-electron chi connectivity index (χ4n) is 5.01. The zero-order valence-corrected chi connectivity index (χ0v) is 20.6. The molecule has 36 heavy (non-hydrogen) atoms. The monoisotopic (exact) mass is 501 g/mol. The molecular formula is C25H27NO10. The first-order valence-corrected chi connectivity index (χ1v) is 11.1. The third-order valence-corrected chi connectivity index (χ3v) is 6.31. The van der Waals surface area contributed by atoms with Crippen LogP contribution in [0.1, 0.15) is 40.9 Å². The van der Waals surface area contributed by atoms with E-state index in [1.54, 1.807) is 18.2 Å². The van der Waals surface area contributed by atoms with Gasteiger partial charge in [0.2, 0.25) is 24.2 Å². The smallest absolute Gasteiger partial charge is 0.339 e. The highest BCUT2D eigenvalue weighted by Gasteiger charge is 2.52. The van der Waals surface area contributed by atoms with Crippen molar-refractivity contribution in [3.8, 4) is 28.7 Å². The average molecular weight is 501 g/mol. The number of benzene rings is 2. The van der Waals surface area contributed by atoms with Gasteiger partial charge in [0.25, 0.3) is 0 Å². The maximum Gasteiger partial charge on any atom is 0.339 e. The van der Waals surface area contributed by atoms with Gasteiger partial charge in [-0.2, -0.15) is 0 Å². The summed E-state index contributed by atoms with van der Waals surface area (Å²) >= 11 is 0. The first kappa shape index (κ1) is 25.0. The lowest BCUT2D eigenvalue weighted by molar-refractivity contribution is -0.193. The predicted octanol–water partition coefficient (Wildman–Crippen LogP) is 2.50. The predicted molar refractivity (Wildman–Crippen MR) is 124 cm³/mol. The average Bonchev–Trinajstić information content (AvgIpc) is 3.30. The van der Waals surface area contributed by atoms with Gasteiger partial charge in [-0.1, -0.05) is 6.07 Å². The summed E-state index contributed by atoms with van der Waals surface area (Å²) in [7, 11) is 4.16. The molecule has 4 rings (SSSR count). The molecule has 0 bridgehead atoms. The molecule has 0 radical (unpaired) electrons. The van der Waals surface area contributed by atoms with Gasteiger partial charge in [0.15, 0.2) is 23.0 Å². The van der Waals surface area contributed by atoms with E-state index in [-0.39, 0.29) is 54.0 Å². The van der Waals surface area contributed by atoms with Crippen molar-refractivity contribution < 1.29 is 47.9 Å². The number of hydrogen-bond acceptors (Lipinski definition) is 9. The Hall–Kier alpha value is -4.15. The summed E-state index contributed by atoms with van der Waals surface area (Å²) in [5.74, 6) is -1.09. The molecule has 0 aromatic heterocycles. The Morgan fingerprint density at radius 3 is 2.36 bits per heavy atom. The summed E-state index contributed by atoms with van der Waals surface area (Å²) in [6.45, 7) is 2.76. The SMILES string of the molecule is COc1ccc(C[C@]2(OC(C)=O)c3c(cc4c(c3OC)OCO4)CCN2C(C)=O)c(C(=O)O)c1OC. The molecule has 2 aromatic carbocycles. The number of rotatable bonds is 7. The topological polar surface area (TPSA) is 130 Å². The van der Waals surface area contributed by atoms with Crippen LogP contribution in [0.15, 0.2) is 18.2 Å². The van der Waals surface area contributed by atoms with Crippen LogP contribution in [-0.2, 0) is 32.9 Å². The van der Waals surface area contributed by atoms with Crippen LogP contribution in [0.5, 0.6) is 28.7 Å². The molecule has 11 nitrogen and oxygen atoms in total. The van der Waals surface area contributed by atoms with Crippen molar-refractivity contribution in [2.24, 2.45) is 0 Å². The third kappa shape index (κ3) is 3.90. The van der Waals surface area contributed by atoms with Crippen molar-refractivity contribution in [3.05, 3.63) is 40.5 Å². The Balaban J connectivity index is 2.05. The zero-order valence-electron chi connectivity index (χ0n) is 20.6. The fraction of sp³-hybridized carbons (Fsp3) is 0.400. The Morgan fingerprint density at radius 1 is 1.06 bits per heavy atom. The van der Waals surface area contributed by atoms with Gasteiger partial charge in [0, 0.05) is 26.8 Å². The maximum absolute atomic E-state index is 12.9. The number of hydrogen-bond donors (Lipinski definition) is 1. The van der Waals surface area contributed by atoms with Gasteiger partial charge in [0.05, 0.1) is 26.9 Å². The van der Waals surface area contributed by atoms with Crippen LogP contribution < -0.4 is 23.7 Å². The van der Waals surface area contributed by atoms with Gasteiger partial charge < -0.3 is 38.4 Å². The van der Waals surface area contributed by atoms with Gasteiger partial charge in [-0.15, -0.1) is 0 Å². The molecule has 0 saturated heterocycles. The van der Waals surface area contributed by atoms with Gasteiger partial charge >= 0.3 is 11.9 Å². The number of fused-ring (bicyclic) bond motifs is 2. The first-order chi connectivity index (χ1) is 17.2. The van der Waals surface area contributed by atoms with Crippen molar-refractivity contribution in [1.82, 2.24) is 4.90 Å². The van der Waals surface area contributed by atoms with Crippen LogP contribution in [0.4, 0.5) is 0 Å². The van der Waals surface area contributed by atoms with E-state index in [0.717, 1.165) is 0 Å². The minimum atomic E-state index is -1.75. The molecule has 11 heteroatoms.